The summed E-state index contributed by atoms with van der Waals surface area (Å²) in [5, 5.41) is 1.05. The van der Waals surface area contributed by atoms with Crippen LogP contribution in [-0.2, 0) is 13.0 Å². The van der Waals surface area contributed by atoms with Gasteiger partial charge in [-0.15, -0.1) is 0 Å². The molecule has 0 radical (unpaired) electrons. The molecule has 1 saturated heterocycles. The van der Waals surface area contributed by atoms with Crippen LogP contribution in [0, 0.1) is 11.8 Å². The summed E-state index contributed by atoms with van der Waals surface area (Å²) in [7, 11) is 1.63. The van der Waals surface area contributed by atoms with Crippen molar-refractivity contribution < 1.29 is 9.15 Å². The van der Waals surface area contributed by atoms with Crippen molar-refractivity contribution in [2.45, 2.75) is 38.6 Å². The highest BCUT2D eigenvalue weighted by Crippen LogP contribution is 2.34. The standard InChI is InChI=1S/C23H30N2O3/c1-27-18-5-6-20-19-7-8-24(15-21(19)23(26)28-22(20)12-18)9-10-25-13-16-3-2-4-17(11-16)14-25/h5-6,12,16-17H,2-4,7-11,13-15H2,1H3. The number of hydrogen-bond donors (Lipinski definition) is 0. The van der Waals surface area contributed by atoms with Crippen molar-refractivity contribution in [2.24, 2.45) is 11.8 Å². The van der Waals surface area contributed by atoms with Gasteiger partial charge in [0, 0.05) is 50.7 Å². The fourth-order valence-electron chi connectivity index (χ4n) is 5.62. The Morgan fingerprint density at radius 3 is 2.68 bits per heavy atom. The minimum Gasteiger partial charge on any atom is -0.497 e. The minimum absolute atomic E-state index is 0.187. The van der Waals surface area contributed by atoms with Crippen molar-refractivity contribution in [3.8, 4) is 5.75 Å². The third kappa shape index (κ3) is 3.46. The molecule has 28 heavy (non-hydrogen) atoms. The van der Waals surface area contributed by atoms with Crippen molar-refractivity contribution in [2.75, 3.05) is 39.8 Å². The van der Waals surface area contributed by atoms with Crippen LogP contribution in [0.5, 0.6) is 5.75 Å². The van der Waals surface area contributed by atoms with E-state index in [-0.39, 0.29) is 5.63 Å². The summed E-state index contributed by atoms with van der Waals surface area (Å²) >= 11 is 0. The fourth-order valence-corrected chi connectivity index (χ4v) is 5.62. The quantitative estimate of drug-likeness (QED) is 0.760. The zero-order chi connectivity index (χ0) is 19.1. The van der Waals surface area contributed by atoms with Gasteiger partial charge in [0.15, 0.2) is 0 Å². The summed E-state index contributed by atoms with van der Waals surface area (Å²) in [6.45, 7) is 6.43. The SMILES string of the molecule is COc1ccc2c3c(c(=O)oc2c1)CN(CCN1CC2CCCC(C2)C1)CC3. The van der Waals surface area contributed by atoms with Crippen molar-refractivity contribution in [1.82, 2.24) is 9.80 Å². The summed E-state index contributed by atoms with van der Waals surface area (Å²) in [5.74, 6) is 2.56. The molecule has 0 amide bonds. The van der Waals surface area contributed by atoms with Crippen molar-refractivity contribution >= 4 is 11.0 Å². The maximum atomic E-state index is 12.6. The Hall–Kier alpha value is -1.85. The lowest BCUT2D eigenvalue weighted by Crippen LogP contribution is -2.46. The van der Waals surface area contributed by atoms with E-state index in [1.54, 1.807) is 7.11 Å². The molecule has 0 N–H and O–H groups in total. The molecule has 2 aliphatic heterocycles. The lowest BCUT2D eigenvalue weighted by molar-refractivity contribution is 0.0749. The highest BCUT2D eigenvalue weighted by molar-refractivity contribution is 5.82. The maximum absolute atomic E-state index is 12.6. The van der Waals surface area contributed by atoms with E-state index in [2.05, 4.69) is 9.80 Å². The Balaban J connectivity index is 1.29. The lowest BCUT2D eigenvalue weighted by atomic mass is 9.78. The lowest BCUT2D eigenvalue weighted by Gasteiger charge is -2.42. The molecule has 2 fully saturated rings. The van der Waals surface area contributed by atoms with Gasteiger partial charge in [0.1, 0.15) is 11.3 Å². The fraction of sp³-hybridized carbons (Fsp3) is 0.609. The Labute approximate surface area is 166 Å². The van der Waals surface area contributed by atoms with Crippen molar-refractivity contribution in [3.63, 3.8) is 0 Å². The number of likely N-dealkylation sites (tertiary alicyclic amines) is 1. The first-order valence-electron chi connectivity index (χ1n) is 10.8. The predicted molar refractivity (Wildman–Crippen MR) is 110 cm³/mol. The zero-order valence-electron chi connectivity index (χ0n) is 16.8. The van der Waals surface area contributed by atoms with Gasteiger partial charge in [0.2, 0.25) is 0 Å². The van der Waals surface area contributed by atoms with Crippen LogP contribution in [0.1, 0.15) is 36.8 Å². The van der Waals surface area contributed by atoms with Crippen LogP contribution in [0.4, 0.5) is 0 Å². The Morgan fingerprint density at radius 1 is 1.11 bits per heavy atom. The van der Waals surface area contributed by atoms with Gasteiger partial charge in [0.05, 0.1) is 12.7 Å². The molecule has 5 heteroatoms. The van der Waals surface area contributed by atoms with Gasteiger partial charge in [-0.25, -0.2) is 4.79 Å². The molecule has 2 atom stereocenters. The van der Waals surface area contributed by atoms with Crippen molar-refractivity contribution in [3.05, 3.63) is 39.7 Å². The van der Waals surface area contributed by atoms with Crippen LogP contribution in [0.25, 0.3) is 11.0 Å². The first-order valence-corrected chi connectivity index (χ1v) is 10.8. The number of fused-ring (bicyclic) bond motifs is 5. The molecular weight excluding hydrogens is 352 g/mol. The van der Waals surface area contributed by atoms with Crippen LogP contribution in [0.3, 0.4) is 0 Å². The van der Waals surface area contributed by atoms with Gasteiger partial charge in [-0.3, -0.25) is 4.90 Å². The number of nitrogens with zero attached hydrogens (tertiary/aromatic N) is 2. The van der Waals surface area contributed by atoms with Gasteiger partial charge in [0.25, 0.3) is 0 Å². The predicted octanol–water partition coefficient (Wildman–Crippen LogP) is 3.28. The monoisotopic (exact) mass is 382 g/mol. The van der Waals surface area contributed by atoms with Gasteiger partial charge in [-0.1, -0.05) is 6.42 Å². The minimum atomic E-state index is -0.187. The largest absolute Gasteiger partial charge is 0.497 e. The molecule has 2 aromatic rings. The summed E-state index contributed by atoms with van der Waals surface area (Å²) in [6, 6.07) is 5.79. The van der Waals surface area contributed by atoms with E-state index < -0.39 is 0 Å². The van der Waals surface area contributed by atoms with E-state index in [0.29, 0.717) is 12.1 Å². The molecule has 2 unspecified atom stereocenters. The van der Waals surface area contributed by atoms with Crippen molar-refractivity contribution in [1.29, 1.82) is 0 Å². The van der Waals surface area contributed by atoms with Crippen LogP contribution >= 0.6 is 0 Å². The number of rotatable bonds is 4. The van der Waals surface area contributed by atoms with Gasteiger partial charge >= 0.3 is 5.63 Å². The second-order valence-electron chi connectivity index (χ2n) is 8.89. The average Bonchev–Trinajstić information content (AvgIpc) is 2.71. The van der Waals surface area contributed by atoms with E-state index in [1.807, 2.05) is 18.2 Å². The smallest absolute Gasteiger partial charge is 0.341 e. The van der Waals surface area contributed by atoms with E-state index in [0.717, 1.165) is 60.2 Å². The molecule has 1 aromatic heterocycles. The molecule has 5 nitrogen and oxygen atoms in total. The molecule has 1 aromatic carbocycles. The molecule has 1 aliphatic carbocycles. The number of ether oxygens (including phenoxy) is 1. The Kier molecular flexibility index (Phi) is 4.89. The van der Waals surface area contributed by atoms with E-state index in [1.165, 1.54) is 38.8 Å². The molecule has 3 heterocycles. The van der Waals surface area contributed by atoms with Gasteiger partial charge in [-0.05, 0) is 55.2 Å². The zero-order valence-corrected chi connectivity index (χ0v) is 16.8. The number of piperidine rings is 1. The third-order valence-corrected chi connectivity index (χ3v) is 7.04. The van der Waals surface area contributed by atoms with E-state index in [9.17, 15) is 4.79 Å². The second kappa shape index (κ2) is 7.53. The molecule has 5 rings (SSSR count). The third-order valence-electron chi connectivity index (χ3n) is 7.04. The summed E-state index contributed by atoms with van der Waals surface area (Å²) < 4.78 is 10.9. The number of benzene rings is 1. The first kappa shape index (κ1) is 18.2. The Morgan fingerprint density at radius 2 is 1.89 bits per heavy atom. The molecule has 3 aliphatic rings. The topological polar surface area (TPSA) is 45.9 Å². The number of hydrogen-bond acceptors (Lipinski definition) is 5. The Bertz CT molecular complexity index is 910. The molecule has 2 bridgehead atoms. The molecule has 1 saturated carbocycles. The molecule has 150 valence electrons. The number of methoxy groups -OCH3 is 1. The summed E-state index contributed by atoms with van der Waals surface area (Å²) in [4.78, 5) is 17.7. The second-order valence-corrected chi connectivity index (χ2v) is 8.89. The van der Waals surface area contributed by atoms with Gasteiger partial charge in [-0.2, -0.15) is 0 Å². The van der Waals surface area contributed by atoms with Crippen LogP contribution in [0.2, 0.25) is 0 Å². The normalized spacial score (nSPS) is 25.6. The highest BCUT2D eigenvalue weighted by Gasteiger charge is 2.30. The van der Waals surface area contributed by atoms with E-state index in [4.69, 9.17) is 9.15 Å². The van der Waals surface area contributed by atoms with Crippen LogP contribution < -0.4 is 10.4 Å². The summed E-state index contributed by atoms with van der Waals surface area (Å²) in [6.07, 6.45) is 6.63. The average molecular weight is 383 g/mol. The molecular formula is C23H30N2O3. The van der Waals surface area contributed by atoms with Crippen LogP contribution in [-0.4, -0.2) is 49.6 Å². The van der Waals surface area contributed by atoms with Gasteiger partial charge < -0.3 is 14.1 Å². The van der Waals surface area contributed by atoms with Crippen LogP contribution in [0.15, 0.2) is 27.4 Å². The summed E-state index contributed by atoms with van der Waals surface area (Å²) in [5.41, 5.74) is 2.46. The maximum Gasteiger partial charge on any atom is 0.341 e. The van der Waals surface area contributed by atoms with E-state index >= 15 is 0 Å². The first-order chi connectivity index (χ1) is 13.7. The highest BCUT2D eigenvalue weighted by atomic mass is 16.5. The molecule has 0 spiro atoms.